The van der Waals surface area contributed by atoms with Gasteiger partial charge in [-0.05, 0) is 18.2 Å². The summed E-state index contributed by atoms with van der Waals surface area (Å²) in [7, 11) is 1.59. The number of aromatic amines is 1. The molecule has 1 saturated heterocycles. The highest BCUT2D eigenvalue weighted by molar-refractivity contribution is 6.35. The Morgan fingerprint density at radius 2 is 1.76 bits per heavy atom. The van der Waals surface area contributed by atoms with Crippen molar-refractivity contribution in [2.24, 2.45) is 0 Å². The second-order valence-corrected chi connectivity index (χ2v) is 8.05. The van der Waals surface area contributed by atoms with Gasteiger partial charge in [0.2, 0.25) is 0 Å². The number of alkyl halides is 3. The van der Waals surface area contributed by atoms with Crippen molar-refractivity contribution < 1.29 is 27.8 Å². The van der Waals surface area contributed by atoms with E-state index in [1.54, 1.807) is 43.5 Å². The quantitative estimate of drug-likeness (QED) is 0.540. The molecular formula is C23H25ClF3N3O3. The highest BCUT2D eigenvalue weighted by Gasteiger charge is 2.32. The van der Waals surface area contributed by atoms with Crippen LogP contribution in [-0.4, -0.2) is 71.9 Å². The lowest BCUT2D eigenvalue weighted by atomic mass is 10.1. The van der Waals surface area contributed by atoms with Crippen molar-refractivity contribution >= 4 is 28.5 Å². The van der Waals surface area contributed by atoms with E-state index >= 15 is 0 Å². The van der Waals surface area contributed by atoms with Gasteiger partial charge < -0.3 is 14.8 Å². The molecule has 0 saturated carbocycles. The maximum absolute atomic E-state index is 12.5. The third kappa shape index (κ3) is 6.86. The molecular weight excluding hydrogens is 459 g/mol. The third-order valence-corrected chi connectivity index (χ3v) is 5.65. The van der Waals surface area contributed by atoms with E-state index < -0.39 is 18.7 Å². The van der Waals surface area contributed by atoms with E-state index in [1.807, 2.05) is 12.3 Å². The smallest absolute Gasteiger partial charge is 0.401 e. The van der Waals surface area contributed by atoms with Gasteiger partial charge in [-0.3, -0.25) is 9.80 Å². The second-order valence-electron chi connectivity index (χ2n) is 7.64. The topological polar surface area (TPSA) is 68.8 Å². The van der Waals surface area contributed by atoms with Gasteiger partial charge in [-0.2, -0.15) is 13.2 Å². The first kappa shape index (κ1) is 24.9. The molecule has 1 aliphatic rings. The summed E-state index contributed by atoms with van der Waals surface area (Å²) in [6.45, 7) is 1.78. The first-order valence-electron chi connectivity index (χ1n) is 10.3. The number of halogens is 4. The summed E-state index contributed by atoms with van der Waals surface area (Å²) in [4.78, 5) is 16.9. The molecule has 0 amide bonds. The predicted molar refractivity (Wildman–Crippen MR) is 121 cm³/mol. The number of hydrogen-bond donors (Lipinski definition) is 2. The van der Waals surface area contributed by atoms with Gasteiger partial charge in [0, 0.05) is 55.9 Å². The Labute approximate surface area is 194 Å². The molecule has 2 N–H and O–H groups in total. The van der Waals surface area contributed by atoms with Crippen LogP contribution in [0.2, 0.25) is 5.02 Å². The summed E-state index contributed by atoms with van der Waals surface area (Å²) < 4.78 is 42.9. The molecule has 1 aliphatic heterocycles. The summed E-state index contributed by atoms with van der Waals surface area (Å²) >= 11 is 6.24. The van der Waals surface area contributed by atoms with E-state index in [9.17, 15) is 18.0 Å². The summed E-state index contributed by atoms with van der Waals surface area (Å²) in [5.74, 6) is -0.180. The van der Waals surface area contributed by atoms with Gasteiger partial charge in [-0.15, -0.1) is 0 Å². The van der Waals surface area contributed by atoms with Gasteiger partial charge in [0.25, 0.3) is 0 Å². The summed E-state index contributed by atoms with van der Waals surface area (Å²) in [5.41, 5.74) is 2.18. The van der Waals surface area contributed by atoms with Crippen LogP contribution in [0.3, 0.4) is 0 Å². The van der Waals surface area contributed by atoms with Crippen LogP contribution in [0.4, 0.5) is 13.2 Å². The normalized spacial score (nSPS) is 15.2. The van der Waals surface area contributed by atoms with Crippen LogP contribution in [-0.2, 0) is 6.54 Å². The molecule has 0 spiro atoms. The van der Waals surface area contributed by atoms with Crippen molar-refractivity contribution in [1.82, 2.24) is 14.8 Å². The number of carbonyl (C=O) groups is 1. The van der Waals surface area contributed by atoms with E-state index in [0.29, 0.717) is 49.1 Å². The SMILES string of the molecule is COc1cc(Cl)c2[nH]ccc2c1CN1CCN(CC(F)(F)F)CC1.O=C(O)c1ccccc1. The fraction of sp³-hybridized carbons (Fsp3) is 0.348. The molecule has 178 valence electrons. The Kier molecular flexibility index (Phi) is 8.23. The highest BCUT2D eigenvalue weighted by atomic mass is 35.5. The summed E-state index contributed by atoms with van der Waals surface area (Å²) in [6, 6.07) is 12.0. The zero-order chi connectivity index (χ0) is 24.0. The molecule has 0 unspecified atom stereocenters. The zero-order valence-corrected chi connectivity index (χ0v) is 18.8. The number of carboxylic acids is 1. The van der Waals surface area contributed by atoms with E-state index in [1.165, 1.54) is 4.90 Å². The maximum atomic E-state index is 12.5. The molecule has 0 bridgehead atoms. The van der Waals surface area contributed by atoms with Crippen LogP contribution in [0.1, 0.15) is 15.9 Å². The van der Waals surface area contributed by atoms with Gasteiger partial charge in [-0.1, -0.05) is 29.8 Å². The first-order valence-corrected chi connectivity index (χ1v) is 10.7. The summed E-state index contributed by atoms with van der Waals surface area (Å²) in [6.07, 6.45) is -2.32. The lowest BCUT2D eigenvalue weighted by molar-refractivity contribution is -0.149. The van der Waals surface area contributed by atoms with Gasteiger partial charge in [0.05, 0.1) is 29.8 Å². The van der Waals surface area contributed by atoms with E-state index in [-0.39, 0.29) is 0 Å². The van der Waals surface area contributed by atoms with Crippen molar-refractivity contribution in [3.05, 3.63) is 64.8 Å². The maximum Gasteiger partial charge on any atom is 0.401 e. The molecule has 2 aromatic carbocycles. The largest absolute Gasteiger partial charge is 0.496 e. The molecule has 0 radical (unpaired) electrons. The molecule has 6 nitrogen and oxygen atoms in total. The number of piperazine rings is 1. The van der Waals surface area contributed by atoms with Crippen molar-refractivity contribution in [1.29, 1.82) is 0 Å². The number of nitrogens with zero attached hydrogens (tertiary/aromatic N) is 2. The Balaban J connectivity index is 0.000000286. The Morgan fingerprint density at radius 3 is 2.30 bits per heavy atom. The van der Waals surface area contributed by atoms with Crippen LogP contribution in [0.5, 0.6) is 5.75 Å². The number of fused-ring (bicyclic) bond motifs is 1. The highest BCUT2D eigenvalue weighted by Crippen LogP contribution is 2.34. The number of rotatable bonds is 5. The van der Waals surface area contributed by atoms with Gasteiger partial charge in [0.15, 0.2) is 0 Å². The second kappa shape index (κ2) is 10.9. The number of aromatic carboxylic acids is 1. The van der Waals surface area contributed by atoms with Crippen LogP contribution in [0.15, 0.2) is 48.7 Å². The number of carboxylic acid groups (broad SMARTS) is 1. The summed E-state index contributed by atoms with van der Waals surface area (Å²) in [5, 5.41) is 9.96. The molecule has 1 fully saturated rings. The standard InChI is InChI=1S/C16H19ClF3N3O.C7H6O2/c1-24-14-8-13(17)15-11(2-3-21-15)12(14)9-22-4-6-23(7-5-22)10-16(18,19)20;8-7(9)6-4-2-1-3-5-6/h2-3,8,21H,4-7,9-10H2,1H3;1-5H,(H,8,9). The lowest BCUT2D eigenvalue weighted by Gasteiger charge is -2.35. The van der Waals surface area contributed by atoms with Crippen LogP contribution >= 0.6 is 11.6 Å². The molecule has 2 heterocycles. The molecule has 3 aromatic rings. The van der Waals surface area contributed by atoms with E-state index in [4.69, 9.17) is 21.4 Å². The zero-order valence-electron chi connectivity index (χ0n) is 18.0. The van der Waals surface area contributed by atoms with Crippen molar-refractivity contribution in [2.75, 3.05) is 39.8 Å². The molecule has 1 aromatic heterocycles. The molecule has 10 heteroatoms. The third-order valence-electron chi connectivity index (χ3n) is 5.36. The molecule has 33 heavy (non-hydrogen) atoms. The fourth-order valence-electron chi connectivity index (χ4n) is 3.73. The number of nitrogens with one attached hydrogen (secondary N) is 1. The number of aromatic nitrogens is 1. The van der Waals surface area contributed by atoms with Crippen molar-refractivity contribution in [3.63, 3.8) is 0 Å². The molecule has 0 atom stereocenters. The number of benzene rings is 2. The van der Waals surface area contributed by atoms with Crippen molar-refractivity contribution in [3.8, 4) is 5.75 Å². The number of hydrogen-bond acceptors (Lipinski definition) is 4. The molecule has 0 aliphatic carbocycles. The monoisotopic (exact) mass is 483 g/mol. The minimum atomic E-state index is -4.14. The minimum absolute atomic E-state index is 0.331. The van der Waals surface area contributed by atoms with Crippen LogP contribution in [0.25, 0.3) is 10.9 Å². The van der Waals surface area contributed by atoms with E-state index in [0.717, 1.165) is 16.5 Å². The Bertz CT molecular complexity index is 1070. The first-order chi connectivity index (χ1) is 15.7. The van der Waals surface area contributed by atoms with E-state index in [2.05, 4.69) is 9.88 Å². The van der Waals surface area contributed by atoms with Gasteiger partial charge in [0.1, 0.15) is 5.75 Å². The minimum Gasteiger partial charge on any atom is -0.496 e. The van der Waals surface area contributed by atoms with Crippen LogP contribution in [0, 0.1) is 0 Å². The average molecular weight is 484 g/mol. The Hall–Kier alpha value is -2.75. The molecule has 4 rings (SSSR count). The lowest BCUT2D eigenvalue weighted by Crippen LogP contribution is -2.48. The van der Waals surface area contributed by atoms with Crippen molar-refractivity contribution in [2.45, 2.75) is 12.7 Å². The number of ether oxygens (including phenoxy) is 1. The Morgan fingerprint density at radius 1 is 1.12 bits per heavy atom. The predicted octanol–water partition coefficient (Wildman–Crippen LogP) is 4.89. The van der Waals surface area contributed by atoms with Gasteiger partial charge >= 0.3 is 12.1 Å². The number of H-pyrrole nitrogens is 1. The fourth-order valence-corrected chi connectivity index (χ4v) is 3.99. The van der Waals surface area contributed by atoms with Crippen LogP contribution < -0.4 is 4.74 Å². The average Bonchev–Trinajstić information content (AvgIpc) is 3.27. The van der Waals surface area contributed by atoms with Gasteiger partial charge in [-0.25, -0.2) is 4.79 Å². The number of methoxy groups -OCH3 is 1.